The van der Waals surface area contributed by atoms with E-state index in [0.717, 1.165) is 42.6 Å². The molecule has 0 aliphatic carbocycles. The number of rotatable bonds is 6. The minimum atomic E-state index is -0.235. The van der Waals surface area contributed by atoms with Gasteiger partial charge in [-0.2, -0.15) is 0 Å². The molecule has 9 nitrogen and oxygen atoms in total. The van der Waals surface area contributed by atoms with Crippen molar-refractivity contribution in [2.75, 3.05) is 51.1 Å². The molecular formula is C27H31N5O4. The summed E-state index contributed by atoms with van der Waals surface area (Å²) in [5.41, 5.74) is 1.81. The molecule has 1 saturated heterocycles. The summed E-state index contributed by atoms with van der Waals surface area (Å²) in [6, 6.07) is 12.9. The summed E-state index contributed by atoms with van der Waals surface area (Å²) >= 11 is 0. The van der Waals surface area contributed by atoms with Crippen LogP contribution >= 0.6 is 0 Å². The van der Waals surface area contributed by atoms with Crippen LogP contribution in [0.5, 0.6) is 0 Å². The standard InChI is InChI=1S/C27H31N5O4/c1-27(2,3)21-16-23(36-29-21)28-22(33)17-31-12-10-30(11-13-31)14-15-32-25(34)19-8-4-6-18-7-5-9-20(24(18)19)26(32)35/h4-9,16H,10-15,17H2,1-3H3,(H,28,33). The van der Waals surface area contributed by atoms with E-state index in [1.807, 2.05) is 45.0 Å². The van der Waals surface area contributed by atoms with Crippen molar-refractivity contribution in [1.82, 2.24) is 19.9 Å². The largest absolute Gasteiger partial charge is 0.338 e. The molecule has 2 aromatic carbocycles. The van der Waals surface area contributed by atoms with Crippen molar-refractivity contribution in [3.05, 3.63) is 59.3 Å². The molecule has 188 valence electrons. The van der Waals surface area contributed by atoms with Crippen molar-refractivity contribution in [2.24, 2.45) is 0 Å². The number of hydrogen-bond donors (Lipinski definition) is 1. The first-order valence-electron chi connectivity index (χ1n) is 12.3. The van der Waals surface area contributed by atoms with Crippen LogP contribution in [0.25, 0.3) is 10.8 Å². The monoisotopic (exact) mass is 489 g/mol. The van der Waals surface area contributed by atoms with E-state index < -0.39 is 0 Å². The number of anilines is 1. The Hall–Kier alpha value is -3.56. The molecule has 3 amide bonds. The third kappa shape index (κ3) is 4.76. The van der Waals surface area contributed by atoms with Gasteiger partial charge in [0, 0.05) is 67.3 Å². The van der Waals surface area contributed by atoms with Crippen LogP contribution < -0.4 is 5.32 Å². The minimum absolute atomic E-state index is 0.141. The van der Waals surface area contributed by atoms with E-state index in [4.69, 9.17) is 4.52 Å². The fraction of sp³-hybridized carbons (Fsp3) is 0.407. The fourth-order valence-corrected chi connectivity index (χ4v) is 4.76. The third-order valence-electron chi connectivity index (χ3n) is 6.87. The lowest BCUT2D eigenvalue weighted by Crippen LogP contribution is -2.51. The number of nitrogens with one attached hydrogen (secondary N) is 1. The van der Waals surface area contributed by atoms with Gasteiger partial charge in [0.05, 0.1) is 12.2 Å². The van der Waals surface area contributed by atoms with Crippen molar-refractivity contribution in [3.63, 3.8) is 0 Å². The first-order chi connectivity index (χ1) is 17.2. The molecule has 0 unspecified atom stereocenters. The predicted octanol–water partition coefficient (Wildman–Crippen LogP) is 2.98. The zero-order valence-electron chi connectivity index (χ0n) is 20.9. The Kier molecular flexibility index (Phi) is 6.36. The van der Waals surface area contributed by atoms with E-state index in [1.54, 1.807) is 18.2 Å². The summed E-state index contributed by atoms with van der Waals surface area (Å²) < 4.78 is 5.25. The zero-order valence-corrected chi connectivity index (χ0v) is 20.9. The number of benzene rings is 2. The second kappa shape index (κ2) is 9.48. The van der Waals surface area contributed by atoms with Crippen LogP contribution in [0.4, 0.5) is 5.88 Å². The highest BCUT2D eigenvalue weighted by Gasteiger charge is 2.33. The van der Waals surface area contributed by atoms with Crippen molar-refractivity contribution in [2.45, 2.75) is 26.2 Å². The van der Waals surface area contributed by atoms with Crippen LogP contribution in [0.1, 0.15) is 47.2 Å². The van der Waals surface area contributed by atoms with Gasteiger partial charge >= 0.3 is 0 Å². The summed E-state index contributed by atoms with van der Waals surface area (Å²) in [5, 5.41) is 8.47. The molecule has 1 N–H and O–H groups in total. The number of carbonyl (C=O) groups is 3. The maximum atomic E-state index is 13.1. The van der Waals surface area contributed by atoms with Crippen LogP contribution in [0.2, 0.25) is 0 Å². The Bertz CT molecular complexity index is 1270. The van der Waals surface area contributed by atoms with E-state index in [9.17, 15) is 14.4 Å². The maximum Gasteiger partial charge on any atom is 0.261 e. The van der Waals surface area contributed by atoms with Crippen molar-refractivity contribution in [1.29, 1.82) is 0 Å². The predicted molar refractivity (Wildman–Crippen MR) is 136 cm³/mol. The van der Waals surface area contributed by atoms with Gasteiger partial charge in [0.15, 0.2) is 0 Å². The molecule has 2 aliphatic rings. The van der Waals surface area contributed by atoms with Crippen LogP contribution in [-0.2, 0) is 10.2 Å². The molecule has 2 aliphatic heterocycles. The van der Waals surface area contributed by atoms with Gasteiger partial charge in [0.2, 0.25) is 11.8 Å². The Labute approximate surface area is 210 Å². The number of carbonyl (C=O) groups excluding carboxylic acids is 3. The number of amides is 3. The molecule has 0 spiro atoms. The molecule has 1 fully saturated rings. The molecular weight excluding hydrogens is 458 g/mol. The van der Waals surface area contributed by atoms with Gasteiger partial charge in [-0.1, -0.05) is 50.2 Å². The average molecular weight is 490 g/mol. The smallest absolute Gasteiger partial charge is 0.261 e. The Morgan fingerprint density at radius 1 is 0.944 bits per heavy atom. The van der Waals surface area contributed by atoms with Gasteiger partial charge in [0.1, 0.15) is 0 Å². The molecule has 1 aromatic heterocycles. The SMILES string of the molecule is CC(C)(C)c1cc(NC(=O)CN2CCN(CCN3C(=O)c4cccc5cccc(c45)C3=O)CC2)on1. The van der Waals surface area contributed by atoms with Gasteiger partial charge in [0.25, 0.3) is 11.8 Å². The first-order valence-corrected chi connectivity index (χ1v) is 12.3. The molecule has 3 aromatic rings. The second-order valence-electron chi connectivity index (χ2n) is 10.5. The minimum Gasteiger partial charge on any atom is -0.338 e. The molecule has 9 heteroatoms. The summed E-state index contributed by atoms with van der Waals surface area (Å²) in [7, 11) is 0. The Morgan fingerprint density at radius 2 is 1.56 bits per heavy atom. The normalized spacial score (nSPS) is 17.1. The van der Waals surface area contributed by atoms with E-state index in [2.05, 4.69) is 20.3 Å². The number of hydrogen-bond acceptors (Lipinski definition) is 7. The lowest BCUT2D eigenvalue weighted by atomic mass is 9.92. The van der Waals surface area contributed by atoms with Crippen LogP contribution in [0.15, 0.2) is 47.0 Å². The molecule has 0 saturated carbocycles. The van der Waals surface area contributed by atoms with E-state index in [0.29, 0.717) is 30.1 Å². The average Bonchev–Trinajstić information content (AvgIpc) is 3.32. The first kappa shape index (κ1) is 24.1. The van der Waals surface area contributed by atoms with Gasteiger partial charge in [-0.3, -0.25) is 34.4 Å². The van der Waals surface area contributed by atoms with E-state index in [-0.39, 0.29) is 29.7 Å². The highest BCUT2D eigenvalue weighted by molar-refractivity contribution is 6.25. The Morgan fingerprint density at radius 3 is 2.14 bits per heavy atom. The number of nitrogens with zero attached hydrogens (tertiary/aromatic N) is 4. The lowest BCUT2D eigenvalue weighted by Gasteiger charge is -2.35. The highest BCUT2D eigenvalue weighted by atomic mass is 16.5. The van der Waals surface area contributed by atoms with Crippen LogP contribution in [0, 0.1) is 0 Å². The van der Waals surface area contributed by atoms with E-state index in [1.165, 1.54) is 4.90 Å². The molecule has 5 rings (SSSR count). The van der Waals surface area contributed by atoms with Crippen LogP contribution in [0.3, 0.4) is 0 Å². The molecule has 3 heterocycles. The quantitative estimate of drug-likeness (QED) is 0.532. The Balaban J connectivity index is 1.11. The molecule has 0 atom stereocenters. The summed E-state index contributed by atoms with van der Waals surface area (Å²) in [4.78, 5) is 44.3. The van der Waals surface area contributed by atoms with Crippen molar-refractivity contribution < 1.29 is 18.9 Å². The highest BCUT2D eigenvalue weighted by Crippen LogP contribution is 2.30. The van der Waals surface area contributed by atoms with E-state index >= 15 is 0 Å². The van der Waals surface area contributed by atoms with Crippen molar-refractivity contribution in [3.8, 4) is 0 Å². The number of piperazine rings is 1. The van der Waals surface area contributed by atoms with Crippen LogP contribution in [-0.4, -0.2) is 83.4 Å². The molecule has 36 heavy (non-hydrogen) atoms. The second-order valence-corrected chi connectivity index (χ2v) is 10.5. The molecule has 0 bridgehead atoms. The maximum absolute atomic E-state index is 13.1. The number of aromatic nitrogens is 1. The lowest BCUT2D eigenvalue weighted by molar-refractivity contribution is -0.117. The summed E-state index contributed by atoms with van der Waals surface area (Å²) in [5.74, 6) is -0.252. The topological polar surface area (TPSA) is 99.0 Å². The number of imide groups is 1. The zero-order chi connectivity index (χ0) is 25.4. The third-order valence-corrected chi connectivity index (χ3v) is 6.87. The molecule has 0 radical (unpaired) electrons. The fourth-order valence-electron chi connectivity index (χ4n) is 4.76. The van der Waals surface area contributed by atoms with Gasteiger partial charge in [-0.25, -0.2) is 0 Å². The summed E-state index contributed by atoms with van der Waals surface area (Å²) in [6.07, 6.45) is 0. The summed E-state index contributed by atoms with van der Waals surface area (Å²) in [6.45, 7) is 10.3. The van der Waals surface area contributed by atoms with Crippen molar-refractivity contribution >= 4 is 34.4 Å². The van der Waals surface area contributed by atoms with Gasteiger partial charge in [-0.15, -0.1) is 0 Å². The van der Waals surface area contributed by atoms with Gasteiger partial charge in [-0.05, 0) is 17.5 Å². The van der Waals surface area contributed by atoms with Gasteiger partial charge < -0.3 is 4.52 Å².